The van der Waals surface area contributed by atoms with Crippen molar-refractivity contribution >= 4 is 16.1 Å². The van der Waals surface area contributed by atoms with Crippen molar-refractivity contribution in [1.29, 1.82) is 0 Å². The van der Waals surface area contributed by atoms with Crippen molar-refractivity contribution in [3.63, 3.8) is 0 Å². The maximum Gasteiger partial charge on any atom is 0.435 e. The van der Waals surface area contributed by atoms with E-state index in [4.69, 9.17) is 4.55 Å². The zero-order chi connectivity index (χ0) is 13.4. The number of halogens is 4. The lowest BCUT2D eigenvalue weighted by molar-refractivity contribution is -0.221. The van der Waals surface area contributed by atoms with Gasteiger partial charge in [-0.3, -0.25) is 9.35 Å². The zero-order valence-corrected chi connectivity index (χ0v) is 8.89. The van der Waals surface area contributed by atoms with E-state index >= 15 is 0 Å². The molecule has 1 atom stereocenters. The van der Waals surface area contributed by atoms with E-state index in [9.17, 15) is 30.8 Å². The number of carbonyl (C=O) groups excluding carboxylic acids is 1. The van der Waals surface area contributed by atoms with Gasteiger partial charge in [0.1, 0.15) is 0 Å². The summed E-state index contributed by atoms with van der Waals surface area (Å²) in [6, 6.07) is 0. The van der Waals surface area contributed by atoms with E-state index in [-0.39, 0.29) is 0 Å². The Hall–Kier alpha value is -0.900. The molecular formula is C6H8F4O5S. The van der Waals surface area contributed by atoms with Crippen LogP contribution in [-0.4, -0.2) is 36.2 Å². The molecule has 16 heavy (non-hydrogen) atoms. The smallest absolute Gasteiger partial charge is 0.435 e. The Balaban J connectivity index is 5.27. The number of hydrogen-bond donors (Lipinski definition) is 1. The van der Waals surface area contributed by atoms with Crippen molar-refractivity contribution in [2.75, 3.05) is 0 Å². The van der Waals surface area contributed by atoms with Crippen LogP contribution in [0.15, 0.2) is 0 Å². The number of esters is 1. The molecule has 0 spiro atoms. The van der Waals surface area contributed by atoms with Crippen molar-refractivity contribution in [1.82, 2.24) is 0 Å². The average molecular weight is 268 g/mol. The minimum Gasteiger partial charge on any atom is -0.456 e. The maximum absolute atomic E-state index is 12.9. The summed E-state index contributed by atoms with van der Waals surface area (Å²) >= 11 is 0. The fourth-order valence-corrected chi connectivity index (χ4v) is 1.24. The van der Waals surface area contributed by atoms with Crippen LogP contribution >= 0.6 is 0 Å². The normalized spacial score (nSPS) is 15.7. The van der Waals surface area contributed by atoms with Crippen LogP contribution in [0.25, 0.3) is 0 Å². The molecule has 0 fully saturated rings. The molecule has 1 N–H and O–H groups in total. The maximum atomic E-state index is 12.9. The Morgan fingerprint density at radius 2 is 1.69 bits per heavy atom. The fraction of sp³-hybridized carbons (Fsp3) is 0.833. The number of rotatable bonds is 4. The summed E-state index contributed by atoms with van der Waals surface area (Å²) in [4.78, 5) is 10.3. The Kier molecular flexibility index (Phi) is 3.93. The lowest BCUT2D eigenvalue weighted by Gasteiger charge is -2.28. The zero-order valence-electron chi connectivity index (χ0n) is 8.08. The van der Waals surface area contributed by atoms with Crippen LogP contribution in [0.3, 0.4) is 0 Å². The summed E-state index contributed by atoms with van der Waals surface area (Å²) in [6.07, 6.45) is -2.71. The lowest BCUT2D eigenvalue weighted by Crippen LogP contribution is -2.54. The highest BCUT2D eigenvalue weighted by Gasteiger charge is 2.69. The molecule has 10 heteroatoms. The number of alkyl halides is 4. The number of carbonyl (C=O) groups is 1. The fourth-order valence-electron chi connectivity index (χ4n) is 0.732. The second kappa shape index (κ2) is 4.17. The van der Waals surface area contributed by atoms with Gasteiger partial charge in [-0.15, -0.1) is 0 Å². The van der Waals surface area contributed by atoms with Crippen LogP contribution in [0.1, 0.15) is 13.8 Å². The number of hydrogen-bond acceptors (Lipinski definition) is 4. The van der Waals surface area contributed by atoms with Crippen LogP contribution < -0.4 is 0 Å². The molecule has 0 bridgehead atoms. The average Bonchev–Trinajstić information content (AvgIpc) is 2.00. The van der Waals surface area contributed by atoms with E-state index in [2.05, 4.69) is 4.74 Å². The first-order chi connectivity index (χ1) is 6.84. The monoisotopic (exact) mass is 268 g/mol. The molecule has 0 rings (SSSR count). The van der Waals surface area contributed by atoms with E-state index in [1.54, 1.807) is 0 Å². The molecule has 0 aliphatic heterocycles. The minimum atomic E-state index is -6.32. The van der Waals surface area contributed by atoms with Gasteiger partial charge in [-0.2, -0.15) is 26.0 Å². The van der Waals surface area contributed by atoms with Gasteiger partial charge in [0, 0.05) is 6.92 Å². The van der Waals surface area contributed by atoms with Crippen molar-refractivity contribution in [3.8, 4) is 0 Å². The van der Waals surface area contributed by atoms with Gasteiger partial charge >= 0.3 is 27.3 Å². The summed E-state index contributed by atoms with van der Waals surface area (Å²) in [5, 5.41) is -5.74. The van der Waals surface area contributed by atoms with Gasteiger partial charge in [0.05, 0.1) is 0 Å². The Bertz CT molecular complexity index is 376. The van der Waals surface area contributed by atoms with Crippen LogP contribution in [0.5, 0.6) is 0 Å². The molecule has 0 aliphatic carbocycles. The summed E-state index contributed by atoms with van der Waals surface area (Å²) < 4.78 is 82.9. The van der Waals surface area contributed by atoms with Gasteiger partial charge in [-0.25, -0.2) is 0 Å². The van der Waals surface area contributed by atoms with Crippen LogP contribution in [-0.2, 0) is 19.6 Å². The first-order valence-corrected chi connectivity index (χ1v) is 5.18. The van der Waals surface area contributed by atoms with Gasteiger partial charge < -0.3 is 4.74 Å². The molecule has 0 aliphatic rings. The van der Waals surface area contributed by atoms with E-state index < -0.39 is 33.4 Å². The summed E-state index contributed by atoms with van der Waals surface area (Å²) in [5.41, 5.74) is 0. The minimum absolute atomic E-state index is 0.375. The van der Waals surface area contributed by atoms with Gasteiger partial charge in [0.2, 0.25) is 0 Å². The predicted molar refractivity (Wildman–Crippen MR) is 42.7 cm³/mol. The predicted octanol–water partition coefficient (Wildman–Crippen LogP) is 1.05. The Labute approximate surface area is 88.1 Å². The molecular weight excluding hydrogens is 260 g/mol. The molecule has 5 nitrogen and oxygen atoms in total. The first kappa shape index (κ1) is 15.1. The van der Waals surface area contributed by atoms with Crippen LogP contribution in [0.4, 0.5) is 17.6 Å². The molecule has 0 radical (unpaired) electrons. The standard InChI is InChI=1S/C6H8F4O5S/c1-3(15-4(2)11)5(7,8)6(9,10)16(12,13)14/h3H,1-2H3,(H,12,13,14). The quantitative estimate of drug-likeness (QED) is 0.468. The van der Waals surface area contributed by atoms with E-state index in [0.29, 0.717) is 13.8 Å². The lowest BCUT2D eigenvalue weighted by atomic mass is 10.2. The van der Waals surface area contributed by atoms with Gasteiger partial charge in [-0.05, 0) is 6.92 Å². The second-order valence-electron chi connectivity index (χ2n) is 2.87. The third kappa shape index (κ3) is 2.61. The van der Waals surface area contributed by atoms with Gasteiger partial charge in [0.15, 0.2) is 6.10 Å². The Morgan fingerprint density at radius 1 is 1.31 bits per heavy atom. The topological polar surface area (TPSA) is 80.7 Å². The van der Waals surface area contributed by atoms with E-state index in [0.717, 1.165) is 0 Å². The highest BCUT2D eigenvalue weighted by atomic mass is 32.2. The molecule has 1 unspecified atom stereocenters. The van der Waals surface area contributed by atoms with Crippen LogP contribution in [0.2, 0.25) is 0 Å². The van der Waals surface area contributed by atoms with E-state index in [1.165, 1.54) is 0 Å². The molecule has 96 valence electrons. The Morgan fingerprint density at radius 3 is 1.94 bits per heavy atom. The summed E-state index contributed by atoms with van der Waals surface area (Å²) in [6.45, 7) is 1.05. The van der Waals surface area contributed by atoms with Crippen molar-refractivity contribution in [3.05, 3.63) is 0 Å². The highest BCUT2D eigenvalue weighted by Crippen LogP contribution is 2.41. The third-order valence-corrected chi connectivity index (χ3v) is 2.49. The van der Waals surface area contributed by atoms with Crippen molar-refractivity contribution < 1.29 is 40.1 Å². The molecule has 0 aromatic rings. The second-order valence-corrected chi connectivity index (χ2v) is 4.33. The molecule has 0 saturated carbocycles. The summed E-state index contributed by atoms with van der Waals surface area (Å²) in [7, 11) is -6.32. The number of ether oxygens (including phenoxy) is 1. The first-order valence-electron chi connectivity index (χ1n) is 3.74. The van der Waals surface area contributed by atoms with Crippen molar-refractivity contribution in [2.45, 2.75) is 31.1 Å². The molecule has 0 aromatic carbocycles. The largest absolute Gasteiger partial charge is 0.456 e. The van der Waals surface area contributed by atoms with Gasteiger partial charge in [0.25, 0.3) is 0 Å². The molecule has 0 heterocycles. The molecule has 0 amide bonds. The molecule has 0 aromatic heterocycles. The molecule has 0 saturated heterocycles. The SMILES string of the molecule is CC(=O)OC(C)C(F)(F)C(F)(F)S(=O)(=O)O. The van der Waals surface area contributed by atoms with Gasteiger partial charge in [-0.1, -0.05) is 0 Å². The third-order valence-electron chi connectivity index (χ3n) is 1.57. The highest BCUT2D eigenvalue weighted by molar-refractivity contribution is 7.87. The van der Waals surface area contributed by atoms with E-state index in [1.807, 2.05) is 0 Å². The van der Waals surface area contributed by atoms with Crippen molar-refractivity contribution in [2.24, 2.45) is 0 Å². The summed E-state index contributed by atoms with van der Waals surface area (Å²) in [5.74, 6) is -6.54. The van der Waals surface area contributed by atoms with Crippen LogP contribution in [0, 0.1) is 0 Å².